The van der Waals surface area contributed by atoms with Crippen LogP contribution in [0.5, 0.6) is 0 Å². The predicted octanol–water partition coefficient (Wildman–Crippen LogP) is 5.35. The second-order valence-electron chi connectivity index (χ2n) is 9.19. The number of hydrogen-bond donors (Lipinski definition) is 1. The summed E-state index contributed by atoms with van der Waals surface area (Å²) in [5, 5.41) is 19.5. The summed E-state index contributed by atoms with van der Waals surface area (Å²) in [6.07, 6.45) is 14.6. The lowest BCUT2D eigenvalue weighted by atomic mass is 9.89. The molecule has 1 fully saturated rings. The van der Waals surface area contributed by atoms with Gasteiger partial charge in [0.1, 0.15) is 5.82 Å². The molecule has 0 spiro atoms. The Labute approximate surface area is 200 Å². The number of pyridine rings is 1. The van der Waals surface area contributed by atoms with E-state index in [0.29, 0.717) is 11.7 Å². The Morgan fingerprint density at radius 3 is 2.62 bits per heavy atom. The third kappa shape index (κ3) is 5.05. The number of hydrogen-bond acceptors (Lipinski definition) is 6. The van der Waals surface area contributed by atoms with Crippen molar-refractivity contribution < 1.29 is 0 Å². The number of nitrogens with one attached hydrogen (secondary N) is 1. The minimum atomic E-state index is 0.526. The van der Waals surface area contributed by atoms with Gasteiger partial charge in [-0.2, -0.15) is 10.3 Å². The van der Waals surface area contributed by atoms with Gasteiger partial charge in [-0.3, -0.25) is 4.98 Å². The molecule has 34 heavy (non-hydrogen) atoms. The molecule has 1 saturated carbocycles. The van der Waals surface area contributed by atoms with E-state index in [1.54, 1.807) is 12.4 Å². The molecule has 176 valence electrons. The third-order valence-corrected chi connectivity index (χ3v) is 6.74. The number of aromatic nitrogens is 8. The summed E-state index contributed by atoms with van der Waals surface area (Å²) < 4.78 is 2.14. The largest absolute Gasteiger partial charge is 0.264 e. The van der Waals surface area contributed by atoms with Crippen LogP contribution < -0.4 is 0 Å². The molecular formula is C26H32N8. The van der Waals surface area contributed by atoms with Crippen molar-refractivity contribution >= 4 is 0 Å². The summed E-state index contributed by atoms with van der Waals surface area (Å²) in [6.45, 7) is 2.99. The van der Waals surface area contributed by atoms with Gasteiger partial charge in [0, 0.05) is 30.3 Å². The van der Waals surface area contributed by atoms with Gasteiger partial charge in [-0.05, 0) is 47.2 Å². The first kappa shape index (κ1) is 22.4. The SMILES string of the molecule is CCCCCc1nc(C2CCCCC2)nn1Cc1ccc(-c2ccncc2-c2nn[nH]n2)cc1. The van der Waals surface area contributed by atoms with Gasteiger partial charge in [-0.15, -0.1) is 10.2 Å². The Balaban J connectivity index is 1.37. The van der Waals surface area contributed by atoms with Gasteiger partial charge in [0.2, 0.25) is 5.82 Å². The van der Waals surface area contributed by atoms with E-state index in [2.05, 4.69) is 61.5 Å². The van der Waals surface area contributed by atoms with E-state index < -0.39 is 0 Å². The zero-order valence-corrected chi connectivity index (χ0v) is 19.8. The maximum atomic E-state index is 5.03. The molecule has 8 nitrogen and oxygen atoms in total. The highest BCUT2D eigenvalue weighted by Gasteiger charge is 2.21. The van der Waals surface area contributed by atoms with Crippen LogP contribution in [0.1, 0.15) is 81.4 Å². The lowest BCUT2D eigenvalue weighted by Gasteiger charge is -2.18. The van der Waals surface area contributed by atoms with Crippen LogP contribution in [0.25, 0.3) is 22.5 Å². The number of benzene rings is 1. The van der Waals surface area contributed by atoms with Crippen molar-refractivity contribution in [2.45, 2.75) is 77.2 Å². The third-order valence-electron chi connectivity index (χ3n) is 6.74. The van der Waals surface area contributed by atoms with E-state index in [-0.39, 0.29) is 0 Å². The van der Waals surface area contributed by atoms with Crippen molar-refractivity contribution in [3.8, 4) is 22.5 Å². The van der Waals surface area contributed by atoms with Gasteiger partial charge in [-0.25, -0.2) is 9.67 Å². The van der Waals surface area contributed by atoms with E-state index in [1.165, 1.54) is 56.9 Å². The summed E-state index contributed by atoms with van der Waals surface area (Å²) in [7, 11) is 0. The molecule has 0 unspecified atom stereocenters. The molecule has 0 radical (unpaired) electrons. The average molecular weight is 457 g/mol. The van der Waals surface area contributed by atoms with Gasteiger partial charge < -0.3 is 0 Å². The molecular weight excluding hydrogens is 424 g/mol. The first-order chi connectivity index (χ1) is 16.8. The monoisotopic (exact) mass is 456 g/mol. The van der Waals surface area contributed by atoms with Crippen molar-refractivity contribution in [3.63, 3.8) is 0 Å². The Morgan fingerprint density at radius 2 is 1.85 bits per heavy atom. The second kappa shape index (κ2) is 10.7. The number of nitrogens with zero attached hydrogens (tertiary/aromatic N) is 7. The molecule has 0 saturated heterocycles. The molecule has 0 aliphatic heterocycles. The molecule has 5 rings (SSSR count). The van der Waals surface area contributed by atoms with E-state index in [0.717, 1.165) is 41.3 Å². The van der Waals surface area contributed by atoms with Gasteiger partial charge in [0.05, 0.1) is 6.54 Å². The van der Waals surface area contributed by atoms with Gasteiger partial charge >= 0.3 is 0 Å². The van der Waals surface area contributed by atoms with Crippen molar-refractivity contribution in [2.75, 3.05) is 0 Å². The summed E-state index contributed by atoms with van der Waals surface area (Å²) >= 11 is 0. The van der Waals surface area contributed by atoms with Crippen LogP contribution in [0.3, 0.4) is 0 Å². The number of aromatic amines is 1. The molecule has 4 aromatic rings. The maximum Gasteiger partial charge on any atom is 0.206 e. The Morgan fingerprint density at radius 1 is 1.00 bits per heavy atom. The maximum absolute atomic E-state index is 5.03. The van der Waals surface area contributed by atoms with E-state index in [4.69, 9.17) is 10.1 Å². The van der Waals surface area contributed by atoms with Crippen LogP contribution in [0.4, 0.5) is 0 Å². The molecule has 0 atom stereocenters. The highest BCUT2D eigenvalue weighted by Crippen LogP contribution is 2.32. The predicted molar refractivity (Wildman–Crippen MR) is 131 cm³/mol. The minimum Gasteiger partial charge on any atom is -0.264 e. The fourth-order valence-electron chi connectivity index (χ4n) is 4.84. The molecule has 1 N–H and O–H groups in total. The van der Waals surface area contributed by atoms with Crippen LogP contribution in [0, 0.1) is 0 Å². The van der Waals surface area contributed by atoms with Crippen LogP contribution in [0.15, 0.2) is 42.7 Å². The van der Waals surface area contributed by atoms with Crippen molar-refractivity contribution in [3.05, 3.63) is 59.9 Å². The normalized spacial score (nSPS) is 14.5. The smallest absolute Gasteiger partial charge is 0.206 e. The summed E-state index contributed by atoms with van der Waals surface area (Å²) in [6, 6.07) is 10.6. The highest BCUT2D eigenvalue weighted by molar-refractivity contribution is 5.79. The van der Waals surface area contributed by atoms with Crippen LogP contribution in [-0.4, -0.2) is 40.4 Å². The average Bonchev–Trinajstić information content (AvgIpc) is 3.56. The van der Waals surface area contributed by atoms with Crippen LogP contribution in [-0.2, 0) is 13.0 Å². The molecule has 3 heterocycles. The molecule has 1 aromatic carbocycles. The summed E-state index contributed by atoms with van der Waals surface area (Å²) in [5.41, 5.74) is 4.20. The number of rotatable bonds is 9. The molecule has 3 aromatic heterocycles. The number of aryl methyl sites for hydroxylation is 1. The second-order valence-corrected chi connectivity index (χ2v) is 9.19. The molecule has 0 amide bonds. The lowest BCUT2D eigenvalue weighted by Crippen LogP contribution is -2.09. The molecule has 0 bridgehead atoms. The topological polar surface area (TPSA) is 98.1 Å². The highest BCUT2D eigenvalue weighted by atomic mass is 15.5. The zero-order valence-electron chi connectivity index (χ0n) is 19.8. The number of H-pyrrole nitrogens is 1. The van der Waals surface area contributed by atoms with Crippen LogP contribution in [0.2, 0.25) is 0 Å². The Kier molecular flexibility index (Phi) is 7.02. The molecule has 8 heteroatoms. The fraction of sp³-hybridized carbons (Fsp3) is 0.462. The van der Waals surface area contributed by atoms with Gasteiger partial charge in [0.15, 0.2) is 5.82 Å². The zero-order chi connectivity index (χ0) is 23.2. The lowest BCUT2D eigenvalue weighted by molar-refractivity contribution is 0.426. The van der Waals surface area contributed by atoms with Crippen molar-refractivity contribution in [1.29, 1.82) is 0 Å². The quantitative estimate of drug-likeness (QED) is 0.341. The minimum absolute atomic E-state index is 0.526. The van der Waals surface area contributed by atoms with Crippen LogP contribution >= 0.6 is 0 Å². The van der Waals surface area contributed by atoms with Gasteiger partial charge in [-0.1, -0.05) is 63.3 Å². The van der Waals surface area contributed by atoms with Gasteiger partial charge in [0.25, 0.3) is 0 Å². The van der Waals surface area contributed by atoms with E-state index in [1.807, 2.05) is 6.07 Å². The number of unbranched alkanes of at least 4 members (excludes halogenated alkanes) is 2. The Hall–Kier alpha value is -3.42. The number of tetrazole rings is 1. The summed E-state index contributed by atoms with van der Waals surface area (Å²) in [4.78, 5) is 9.27. The Bertz CT molecular complexity index is 1170. The first-order valence-corrected chi connectivity index (χ1v) is 12.5. The van der Waals surface area contributed by atoms with Crippen molar-refractivity contribution in [2.24, 2.45) is 0 Å². The van der Waals surface area contributed by atoms with Crippen molar-refractivity contribution in [1.82, 2.24) is 40.4 Å². The molecule has 1 aliphatic rings. The fourth-order valence-corrected chi connectivity index (χ4v) is 4.84. The van der Waals surface area contributed by atoms with E-state index >= 15 is 0 Å². The first-order valence-electron chi connectivity index (χ1n) is 12.5. The molecule has 1 aliphatic carbocycles. The standard InChI is InChI=1S/C26H32N8/c1-2-3-5-10-24-28-25(21-8-6-4-7-9-21)31-34(24)18-19-11-13-20(14-12-19)22-15-16-27-17-23(22)26-29-32-33-30-26/h11-17,21H,2-10,18H2,1H3,(H,29,30,32,33). The van der Waals surface area contributed by atoms with E-state index in [9.17, 15) is 0 Å². The summed E-state index contributed by atoms with van der Waals surface area (Å²) in [5.74, 6) is 3.26.